The highest BCUT2D eigenvalue weighted by Crippen LogP contribution is 2.41. The first-order valence-corrected chi connectivity index (χ1v) is 12.4. The van der Waals surface area contributed by atoms with E-state index >= 15 is 0 Å². The molecule has 0 atom stereocenters. The molecule has 1 aliphatic heterocycles. The number of nitrogens with zero attached hydrogens (tertiary/aromatic N) is 1. The number of carboxylic acid groups (broad SMARTS) is 1. The summed E-state index contributed by atoms with van der Waals surface area (Å²) in [5.74, 6) is 0.699. The van der Waals surface area contributed by atoms with E-state index in [-0.39, 0.29) is 19.0 Å². The Hall–Kier alpha value is -4.62. The Morgan fingerprint density at radius 2 is 1.76 bits per heavy atom. The molecule has 0 amide bonds. The summed E-state index contributed by atoms with van der Waals surface area (Å²) in [7, 11) is 0. The fourth-order valence-corrected chi connectivity index (χ4v) is 5.00. The Bertz CT molecular complexity index is 1680. The van der Waals surface area contributed by atoms with E-state index in [1.165, 1.54) is 0 Å². The summed E-state index contributed by atoms with van der Waals surface area (Å²) < 4.78 is 18.8. The molecule has 0 aliphatic carbocycles. The number of nitrogens with two attached hydrogens (primary N) is 1. The number of anilines is 1. The average molecular weight is 527 g/mol. The van der Waals surface area contributed by atoms with Gasteiger partial charge in [-0.2, -0.15) is 0 Å². The highest BCUT2D eigenvalue weighted by atomic mass is 35.5. The largest absolute Gasteiger partial charge is 0.489 e. The molecular weight excluding hydrogens is 504 g/mol. The molecule has 0 unspecified atom stereocenters. The topological polar surface area (TPSA) is 95.9 Å². The van der Waals surface area contributed by atoms with Crippen molar-refractivity contribution in [1.29, 1.82) is 0 Å². The van der Waals surface area contributed by atoms with Crippen molar-refractivity contribution < 1.29 is 24.1 Å². The van der Waals surface area contributed by atoms with E-state index in [1.807, 2.05) is 60.7 Å². The summed E-state index contributed by atoms with van der Waals surface area (Å²) in [6.45, 7) is 0.715. The van der Waals surface area contributed by atoms with Crippen molar-refractivity contribution in [1.82, 2.24) is 4.57 Å². The smallest absolute Gasteiger partial charge is 0.353 e. The van der Waals surface area contributed by atoms with E-state index < -0.39 is 5.97 Å². The van der Waals surface area contributed by atoms with E-state index in [0.717, 1.165) is 16.5 Å². The number of rotatable bonds is 7. The Labute approximate surface area is 223 Å². The Kier molecular flexibility index (Phi) is 6.05. The van der Waals surface area contributed by atoms with Crippen LogP contribution in [0.3, 0.4) is 0 Å². The summed E-state index contributed by atoms with van der Waals surface area (Å²) in [5.41, 5.74) is 10.5. The Morgan fingerprint density at radius 1 is 0.974 bits per heavy atom. The van der Waals surface area contributed by atoms with Gasteiger partial charge < -0.3 is 29.6 Å². The first kappa shape index (κ1) is 23.8. The lowest BCUT2D eigenvalue weighted by Crippen LogP contribution is -2.11. The second-order valence-corrected chi connectivity index (χ2v) is 9.40. The molecule has 190 valence electrons. The molecule has 2 heterocycles. The summed E-state index contributed by atoms with van der Waals surface area (Å²) >= 11 is 6.58. The lowest BCUT2D eigenvalue weighted by atomic mass is 10.0. The standard InChI is InChI=1S/C30H23ClN2O5/c31-24-14-27-26(37-17-38-27)12-20(24)15-33-25-10-9-22(36-16-18-5-2-1-3-6-18)13-23(25)28(29(33)30(34)35)19-7-4-8-21(32)11-19/h1-14H,15-17,32H2,(H,34,35). The van der Waals surface area contributed by atoms with E-state index in [9.17, 15) is 9.90 Å². The first-order valence-electron chi connectivity index (χ1n) is 12.0. The van der Waals surface area contributed by atoms with Crippen LogP contribution in [0, 0.1) is 0 Å². The van der Waals surface area contributed by atoms with Crippen LogP contribution in [0.4, 0.5) is 5.69 Å². The minimum Gasteiger partial charge on any atom is -0.489 e. The van der Waals surface area contributed by atoms with Gasteiger partial charge in [-0.3, -0.25) is 0 Å². The Morgan fingerprint density at radius 3 is 2.53 bits per heavy atom. The quantitative estimate of drug-likeness (QED) is 0.232. The predicted octanol–water partition coefficient (Wildman–Crippen LogP) is 6.60. The van der Waals surface area contributed by atoms with Gasteiger partial charge in [-0.15, -0.1) is 0 Å². The van der Waals surface area contributed by atoms with Crippen molar-refractivity contribution in [3.63, 3.8) is 0 Å². The van der Waals surface area contributed by atoms with Crippen LogP contribution >= 0.6 is 11.6 Å². The third-order valence-electron chi connectivity index (χ3n) is 6.53. The van der Waals surface area contributed by atoms with Crippen molar-refractivity contribution in [3.05, 3.63) is 107 Å². The number of aromatic nitrogens is 1. The first-order chi connectivity index (χ1) is 18.5. The van der Waals surface area contributed by atoms with Gasteiger partial charge >= 0.3 is 5.97 Å². The molecule has 1 aromatic heterocycles. The van der Waals surface area contributed by atoms with Crippen LogP contribution in [0.5, 0.6) is 17.2 Å². The van der Waals surface area contributed by atoms with E-state index in [1.54, 1.807) is 28.8 Å². The number of benzene rings is 4. The lowest BCUT2D eigenvalue weighted by molar-refractivity contribution is 0.0687. The number of fused-ring (bicyclic) bond motifs is 2. The number of halogens is 1. The number of nitrogen functional groups attached to an aromatic ring is 1. The van der Waals surface area contributed by atoms with Gasteiger partial charge in [0.2, 0.25) is 6.79 Å². The molecule has 0 spiro atoms. The second kappa shape index (κ2) is 9.68. The molecule has 3 N–H and O–H groups in total. The van der Waals surface area contributed by atoms with Crippen LogP contribution in [-0.4, -0.2) is 22.4 Å². The summed E-state index contributed by atoms with van der Waals surface area (Å²) in [4.78, 5) is 12.8. The molecule has 6 rings (SSSR count). The molecule has 7 nitrogen and oxygen atoms in total. The van der Waals surface area contributed by atoms with Gasteiger partial charge in [0.25, 0.3) is 0 Å². The molecule has 0 radical (unpaired) electrons. The van der Waals surface area contributed by atoms with E-state index in [4.69, 9.17) is 31.5 Å². The van der Waals surface area contributed by atoms with Gasteiger partial charge in [-0.25, -0.2) is 4.79 Å². The predicted molar refractivity (Wildman–Crippen MR) is 146 cm³/mol. The van der Waals surface area contributed by atoms with Crippen LogP contribution in [0.25, 0.3) is 22.0 Å². The minimum atomic E-state index is -1.07. The Balaban J connectivity index is 1.51. The summed E-state index contributed by atoms with van der Waals surface area (Å²) in [6, 6.07) is 26.1. The van der Waals surface area contributed by atoms with Gasteiger partial charge in [-0.1, -0.05) is 54.1 Å². The third kappa shape index (κ3) is 4.37. The minimum absolute atomic E-state index is 0.118. The SMILES string of the molecule is Nc1cccc(-c2c(C(=O)O)n(Cc3cc4c(cc3Cl)OCO4)c3ccc(OCc4ccccc4)cc23)c1. The van der Waals surface area contributed by atoms with E-state index in [2.05, 4.69) is 0 Å². The van der Waals surface area contributed by atoms with Gasteiger partial charge in [0.1, 0.15) is 18.1 Å². The normalized spacial score (nSPS) is 12.1. The van der Waals surface area contributed by atoms with Crippen LogP contribution < -0.4 is 19.9 Å². The van der Waals surface area contributed by atoms with Crippen LogP contribution in [0.1, 0.15) is 21.6 Å². The van der Waals surface area contributed by atoms with Crippen molar-refractivity contribution in [2.45, 2.75) is 13.2 Å². The molecule has 0 bridgehead atoms. The molecule has 0 fully saturated rings. The van der Waals surface area contributed by atoms with Gasteiger partial charge in [-0.05, 0) is 53.1 Å². The molecule has 4 aromatic carbocycles. The number of ether oxygens (including phenoxy) is 3. The van der Waals surface area contributed by atoms with Crippen molar-refractivity contribution in [2.24, 2.45) is 0 Å². The van der Waals surface area contributed by atoms with Crippen molar-refractivity contribution >= 4 is 34.2 Å². The highest BCUT2D eigenvalue weighted by molar-refractivity contribution is 6.31. The van der Waals surface area contributed by atoms with Crippen molar-refractivity contribution in [3.8, 4) is 28.4 Å². The summed E-state index contributed by atoms with van der Waals surface area (Å²) in [6.07, 6.45) is 0. The van der Waals surface area contributed by atoms with Gasteiger partial charge in [0, 0.05) is 33.2 Å². The number of hydrogen-bond acceptors (Lipinski definition) is 5. The average Bonchev–Trinajstić information content (AvgIpc) is 3.50. The zero-order valence-corrected chi connectivity index (χ0v) is 20.9. The summed E-state index contributed by atoms with van der Waals surface area (Å²) in [5, 5.41) is 11.6. The van der Waals surface area contributed by atoms with Gasteiger partial charge in [0.05, 0.1) is 6.54 Å². The molecule has 5 aromatic rings. The maximum absolute atomic E-state index is 12.8. The van der Waals surface area contributed by atoms with Gasteiger partial charge in [0.15, 0.2) is 11.5 Å². The molecule has 8 heteroatoms. The molecule has 0 saturated carbocycles. The van der Waals surface area contributed by atoms with E-state index in [0.29, 0.717) is 51.3 Å². The van der Waals surface area contributed by atoms with Crippen LogP contribution in [0.2, 0.25) is 5.02 Å². The zero-order chi connectivity index (χ0) is 26.2. The molecule has 1 aliphatic rings. The third-order valence-corrected chi connectivity index (χ3v) is 6.88. The molecular formula is C30H23ClN2O5. The number of aromatic carboxylic acids is 1. The van der Waals surface area contributed by atoms with Crippen LogP contribution in [0.15, 0.2) is 84.9 Å². The molecule has 38 heavy (non-hydrogen) atoms. The number of carbonyl (C=O) groups is 1. The molecule has 0 saturated heterocycles. The fraction of sp³-hybridized carbons (Fsp3) is 0.100. The second-order valence-electron chi connectivity index (χ2n) is 8.99. The fourth-order valence-electron chi connectivity index (χ4n) is 4.79. The lowest BCUT2D eigenvalue weighted by Gasteiger charge is -2.12. The zero-order valence-electron chi connectivity index (χ0n) is 20.2. The van der Waals surface area contributed by atoms with Crippen molar-refractivity contribution in [2.75, 3.05) is 12.5 Å². The maximum atomic E-state index is 12.8. The highest BCUT2D eigenvalue weighted by Gasteiger charge is 2.26. The number of carboxylic acids is 1. The monoisotopic (exact) mass is 526 g/mol. The van der Waals surface area contributed by atoms with Crippen LogP contribution in [-0.2, 0) is 13.2 Å². The number of hydrogen-bond donors (Lipinski definition) is 2. The maximum Gasteiger partial charge on any atom is 0.353 e.